The monoisotopic (exact) mass is 294 g/mol. The molecule has 0 saturated carbocycles. The van der Waals surface area contributed by atoms with Crippen LogP contribution in [0.1, 0.15) is 24.5 Å². The van der Waals surface area contributed by atoms with Gasteiger partial charge < -0.3 is 10.5 Å². The lowest BCUT2D eigenvalue weighted by Crippen LogP contribution is -2.41. The molecule has 0 fully saturated rings. The summed E-state index contributed by atoms with van der Waals surface area (Å²) in [5.74, 6) is 0. The quantitative estimate of drug-likeness (QED) is 0.799. The van der Waals surface area contributed by atoms with Gasteiger partial charge >= 0.3 is 0 Å². The molecule has 2 unspecified atom stereocenters. The number of fused-ring (bicyclic) bond motifs is 1. The van der Waals surface area contributed by atoms with Crippen LogP contribution in [-0.2, 0) is 17.6 Å². The maximum Gasteiger partial charge on any atom is 0.282 e. The first-order chi connectivity index (χ1) is 8.11. The van der Waals surface area contributed by atoms with Gasteiger partial charge in [0.1, 0.15) is 11.6 Å². The van der Waals surface area contributed by atoms with E-state index >= 15 is 0 Å². The molecule has 3 nitrogen and oxygen atoms in total. The highest BCUT2D eigenvalue weighted by Gasteiger charge is 2.45. The second kappa shape index (κ2) is 3.73. The van der Waals surface area contributed by atoms with Crippen molar-refractivity contribution in [1.82, 2.24) is 0 Å². The third-order valence-electron chi connectivity index (χ3n) is 3.91. The Kier molecular flexibility index (Phi) is 2.43. The van der Waals surface area contributed by atoms with Crippen LogP contribution < -0.4 is 5.73 Å². The highest BCUT2D eigenvalue weighted by Crippen LogP contribution is 2.40. The van der Waals surface area contributed by atoms with E-state index in [1.165, 1.54) is 15.6 Å². The zero-order chi connectivity index (χ0) is 12.0. The lowest BCUT2D eigenvalue weighted by molar-refractivity contribution is 0.140. The number of amidine groups is 1. The Labute approximate surface area is 109 Å². The molecule has 1 aliphatic carbocycles. The molecule has 17 heavy (non-hydrogen) atoms. The van der Waals surface area contributed by atoms with Gasteiger partial charge in [0, 0.05) is 10.9 Å². The predicted molar refractivity (Wildman–Crippen MR) is 71.1 cm³/mol. The van der Waals surface area contributed by atoms with Crippen LogP contribution in [0.4, 0.5) is 0 Å². The molecule has 1 aromatic carbocycles. The molecule has 2 aliphatic rings. The van der Waals surface area contributed by atoms with Crippen molar-refractivity contribution in [2.75, 3.05) is 0 Å². The lowest BCUT2D eigenvalue weighted by Gasteiger charge is -2.34. The Morgan fingerprint density at radius 2 is 2.35 bits per heavy atom. The number of rotatable bonds is 0. The van der Waals surface area contributed by atoms with Crippen molar-refractivity contribution in [3.8, 4) is 0 Å². The molecule has 1 aliphatic heterocycles. The van der Waals surface area contributed by atoms with E-state index in [0.29, 0.717) is 6.02 Å². The molecule has 1 spiro atoms. The molecule has 90 valence electrons. The summed E-state index contributed by atoms with van der Waals surface area (Å²) in [6.07, 6.45) is 3.03. The number of nitrogens with zero attached hydrogens (tertiary/aromatic N) is 1. The third kappa shape index (κ3) is 1.66. The van der Waals surface area contributed by atoms with Crippen molar-refractivity contribution in [1.29, 1.82) is 0 Å². The van der Waals surface area contributed by atoms with E-state index in [9.17, 15) is 0 Å². The summed E-state index contributed by atoms with van der Waals surface area (Å²) in [4.78, 5) is 4.55. The van der Waals surface area contributed by atoms with Gasteiger partial charge in [-0.05, 0) is 37.0 Å². The van der Waals surface area contributed by atoms with Crippen molar-refractivity contribution in [3.05, 3.63) is 33.8 Å². The second-order valence-electron chi connectivity index (χ2n) is 4.87. The van der Waals surface area contributed by atoms with Crippen molar-refractivity contribution < 1.29 is 4.74 Å². The van der Waals surface area contributed by atoms with E-state index in [1.807, 2.05) is 0 Å². The van der Waals surface area contributed by atoms with Crippen LogP contribution in [0, 0.1) is 0 Å². The van der Waals surface area contributed by atoms with Crippen molar-refractivity contribution >= 4 is 22.0 Å². The molecule has 0 radical (unpaired) electrons. The van der Waals surface area contributed by atoms with Gasteiger partial charge in [-0.25, -0.2) is 4.99 Å². The summed E-state index contributed by atoms with van der Waals surface area (Å²) in [5.41, 5.74) is 8.33. The molecule has 2 N–H and O–H groups in total. The van der Waals surface area contributed by atoms with Gasteiger partial charge in [-0.15, -0.1) is 0 Å². The molecule has 4 heteroatoms. The largest absolute Gasteiger partial charge is 0.460 e. The zero-order valence-electron chi connectivity index (χ0n) is 9.74. The SMILES string of the molecule is CC1OC(N)=NC12CCc1c(Br)cccc1C2. The minimum Gasteiger partial charge on any atom is -0.460 e. The average molecular weight is 295 g/mol. The maximum absolute atomic E-state index is 5.70. The summed E-state index contributed by atoms with van der Waals surface area (Å²) < 4.78 is 6.72. The normalized spacial score (nSPS) is 30.9. The summed E-state index contributed by atoms with van der Waals surface area (Å²) in [7, 11) is 0. The first-order valence-corrected chi connectivity index (χ1v) is 6.68. The fraction of sp³-hybridized carbons (Fsp3) is 0.462. The van der Waals surface area contributed by atoms with E-state index in [0.717, 1.165) is 19.3 Å². The van der Waals surface area contributed by atoms with Crippen LogP contribution in [0.3, 0.4) is 0 Å². The number of aliphatic imine (C=N–C) groups is 1. The Morgan fingerprint density at radius 3 is 3.06 bits per heavy atom. The minimum absolute atomic E-state index is 0.0784. The summed E-state index contributed by atoms with van der Waals surface area (Å²) in [6.45, 7) is 2.06. The van der Waals surface area contributed by atoms with Gasteiger partial charge in [0.15, 0.2) is 0 Å². The van der Waals surface area contributed by atoms with E-state index in [2.05, 4.69) is 46.0 Å². The Morgan fingerprint density at radius 1 is 1.53 bits per heavy atom. The number of halogens is 1. The van der Waals surface area contributed by atoms with Gasteiger partial charge in [-0.1, -0.05) is 28.1 Å². The van der Waals surface area contributed by atoms with E-state index < -0.39 is 0 Å². The molecule has 0 aromatic heterocycles. The van der Waals surface area contributed by atoms with Crippen LogP contribution in [-0.4, -0.2) is 17.7 Å². The van der Waals surface area contributed by atoms with E-state index in [1.54, 1.807) is 0 Å². The van der Waals surface area contributed by atoms with Crippen LogP contribution >= 0.6 is 15.9 Å². The average Bonchev–Trinajstić information content (AvgIpc) is 2.53. The third-order valence-corrected chi connectivity index (χ3v) is 4.65. The fourth-order valence-electron chi connectivity index (χ4n) is 2.88. The number of benzene rings is 1. The van der Waals surface area contributed by atoms with Crippen molar-refractivity contribution in [3.63, 3.8) is 0 Å². The number of hydrogen-bond acceptors (Lipinski definition) is 3. The molecule has 1 aromatic rings. The predicted octanol–water partition coefficient (Wildman–Crippen LogP) is 2.41. The Bertz CT molecular complexity index is 500. The van der Waals surface area contributed by atoms with Gasteiger partial charge in [-0.3, -0.25) is 0 Å². The first kappa shape index (κ1) is 11.1. The lowest BCUT2D eigenvalue weighted by atomic mass is 9.76. The summed E-state index contributed by atoms with van der Waals surface area (Å²) in [6, 6.07) is 6.70. The maximum atomic E-state index is 5.70. The highest BCUT2D eigenvalue weighted by atomic mass is 79.9. The number of nitrogens with two attached hydrogens (primary N) is 1. The zero-order valence-corrected chi connectivity index (χ0v) is 11.3. The van der Waals surface area contributed by atoms with Gasteiger partial charge in [-0.2, -0.15) is 0 Å². The minimum atomic E-state index is -0.141. The van der Waals surface area contributed by atoms with Crippen LogP contribution in [0.5, 0.6) is 0 Å². The molecule has 0 bridgehead atoms. The van der Waals surface area contributed by atoms with Crippen molar-refractivity contribution in [2.45, 2.75) is 37.8 Å². The molecular formula is C13H15BrN2O. The fourth-order valence-corrected chi connectivity index (χ4v) is 3.48. The van der Waals surface area contributed by atoms with E-state index in [-0.39, 0.29) is 11.6 Å². The molecular weight excluding hydrogens is 280 g/mol. The van der Waals surface area contributed by atoms with Gasteiger partial charge in [0.2, 0.25) is 0 Å². The smallest absolute Gasteiger partial charge is 0.282 e. The highest BCUT2D eigenvalue weighted by molar-refractivity contribution is 9.10. The molecule has 2 atom stereocenters. The molecule has 1 heterocycles. The first-order valence-electron chi connectivity index (χ1n) is 5.89. The topological polar surface area (TPSA) is 47.6 Å². The van der Waals surface area contributed by atoms with Crippen LogP contribution in [0.15, 0.2) is 27.7 Å². The molecule has 3 rings (SSSR count). The standard InChI is InChI=1S/C13H15BrN2O/c1-8-13(16-12(15)17-8)6-5-10-9(7-13)3-2-4-11(10)14/h2-4,8H,5-7H2,1H3,(H2,15,16). The Balaban J connectivity index is 2.01. The second-order valence-corrected chi connectivity index (χ2v) is 5.72. The van der Waals surface area contributed by atoms with E-state index in [4.69, 9.17) is 10.5 Å². The Hall–Kier alpha value is -1.03. The van der Waals surface area contributed by atoms with Gasteiger partial charge in [0.05, 0.1) is 0 Å². The number of ether oxygens (including phenoxy) is 1. The van der Waals surface area contributed by atoms with Crippen LogP contribution in [0.2, 0.25) is 0 Å². The summed E-state index contributed by atoms with van der Waals surface area (Å²) in [5, 5.41) is 0. The summed E-state index contributed by atoms with van der Waals surface area (Å²) >= 11 is 3.61. The van der Waals surface area contributed by atoms with Crippen molar-refractivity contribution in [2.24, 2.45) is 10.7 Å². The molecule has 0 saturated heterocycles. The van der Waals surface area contributed by atoms with Crippen LogP contribution in [0.25, 0.3) is 0 Å². The van der Waals surface area contributed by atoms with Gasteiger partial charge in [0.25, 0.3) is 6.02 Å². The number of hydrogen-bond donors (Lipinski definition) is 1. The molecule has 0 amide bonds.